The number of aromatic hydroxyl groups is 2. The van der Waals surface area contributed by atoms with Gasteiger partial charge >= 0.3 is 0 Å². The average molecular weight is 269 g/mol. The zero-order valence-electron chi connectivity index (χ0n) is 10.7. The molecule has 0 saturated carbocycles. The van der Waals surface area contributed by atoms with E-state index in [2.05, 4.69) is 0 Å². The zero-order valence-corrected chi connectivity index (χ0v) is 11.5. The van der Waals surface area contributed by atoms with Crippen LogP contribution in [0.15, 0.2) is 11.6 Å². The van der Waals surface area contributed by atoms with Crippen molar-refractivity contribution < 1.29 is 15.0 Å². The van der Waals surface area contributed by atoms with Crippen molar-refractivity contribution in [2.45, 2.75) is 33.6 Å². The van der Waals surface area contributed by atoms with Crippen molar-refractivity contribution >= 4 is 17.9 Å². The van der Waals surface area contributed by atoms with Crippen LogP contribution >= 0.6 is 11.6 Å². The number of allylic oxidation sites excluding steroid dienone is 2. The number of aldehydes is 1. The molecule has 0 amide bonds. The second-order valence-corrected chi connectivity index (χ2v) is 4.63. The fraction of sp³-hybridized carbons (Fsp3) is 0.357. The monoisotopic (exact) mass is 268 g/mol. The Labute approximate surface area is 112 Å². The van der Waals surface area contributed by atoms with Crippen molar-refractivity contribution in [2.75, 3.05) is 0 Å². The molecular formula is C14H17ClO3. The maximum absolute atomic E-state index is 10.9. The highest BCUT2D eigenvalue weighted by atomic mass is 35.5. The molecule has 0 atom stereocenters. The highest BCUT2D eigenvalue weighted by Gasteiger charge is 2.19. The number of benzene rings is 1. The summed E-state index contributed by atoms with van der Waals surface area (Å²) in [6.45, 7) is 5.57. The van der Waals surface area contributed by atoms with E-state index >= 15 is 0 Å². The lowest BCUT2D eigenvalue weighted by molar-refractivity contribution is 0.112. The number of phenolic OH excluding ortho intramolecular Hbond substituents is 2. The Balaban J connectivity index is 3.36. The van der Waals surface area contributed by atoms with Crippen LogP contribution in [0.5, 0.6) is 11.5 Å². The lowest BCUT2D eigenvalue weighted by atomic mass is 9.99. The first-order chi connectivity index (χ1) is 8.43. The molecule has 0 bridgehead atoms. The summed E-state index contributed by atoms with van der Waals surface area (Å²) in [7, 11) is 0. The fourth-order valence-electron chi connectivity index (χ4n) is 1.64. The average Bonchev–Trinajstić information content (AvgIpc) is 2.36. The molecule has 0 spiro atoms. The molecule has 0 fully saturated rings. The van der Waals surface area contributed by atoms with Crippen LogP contribution < -0.4 is 0 Å². The Hall–Kier alpha value is -1.48. The van der Waals surface area contributed by atoms with Crippen molar-refractivity contribution in [1.82, 2.24) is 0 Å². The van der Waals surface area contributed by atoms with Gasteiger partial charge in [-0.1, -0.05) is 30.2 Å². The molecule has 1 aromatic carbocycles. The smallest absolute Gasteiger partial charge is 0.154 e. The van der Waals surface area contributed by atoms with E-state index in [1.807, 2.05) is 19.9 Å². The summed E-state index contributed by atoms with van der Waals surface area (Å²) in [4.78, 5) is 10.9. The van der Waals surface area contributed by atoms with Gasteiger partial charge in [-0.15, -0.1) is 0 Å². The number of rotatable bonds is 4. The molecule has 98 valence electrons. The van der Waals surface area contributed by atoms with E-state index in [9.17, 15) is 15.0 Å². The summed E-state index contributed by atoms with van der Waals surface area (Å²) in [6, 6.07) is 0. The first kappa shape index (κ1) is 14.6. The molecule has 0 aliphatic carbocycles. The predicted octanol–water partition coefficient (Wildman–Crippen LogP) is 3.77. The van der Waals surface area contributed by atoms with Crippen LogP contribution in [0.4, 0.5) is 0 Å². The molecule has 0 radical (unpaired) electrons. The van der Waals surface area contributed by atoms with Crippen LogP contribution in [-0.2, 0) is 6.42 Å². The van der Waals surface area contributed by atoms with Crippen molar-refractivity contribution in [2.24, 2.45) is 0 Å². The van der Waals surface area contributed by atoms with Gasteiger partial charge in [0, 0.05) is 5.56 Å². The second-order valence-electron chi connectivity index (χ2n) is 4.25. The molecule has 3 nitrogen and oxygen atoms in total. The summed E-state index contributed by atoms with van der Waals surface area (Å²) in [5, 5.41) is 20.0. The normalized spacial score (nSPS) is 11.7. The van der Waals surface area contributed by atoms with E-state index in [-0.39, 0.29) is 22.1 Å². The van der Waals surface area contributed by atoms with E-state index in [4.69, 9.17) is 11.6 Å². The van der Waals surface area contributed by atoms with Gasteiger partial charge in [0.2, 0.25) is 0 Å². The van der Waals surface area contributed by atoms with Crippen LogP contribution in [0, 0.1) is 6.92 Å². The number of carbonyl (C=O) groups excluding carboxylic acids is 1. The molecule has 0 aliphatic rings. The molecular weight excluding hydrogens is 252 g/mol. The molecule has 0 aromatic heterocycles. The molecule has 18 heavy (non-hydrogen) atoms. The molecule has 0 aliphatic heterocycles. The summed E-state index contributed by atoms with van der Waals surface area (Å²) in [5.41, 5.74) is 1.95. The van der Waals surface area contributed by atoms with Crippen LogP contribution in [0.3, 0.4) is 0 Å². The standard InChI is InChI=1S/C14H17ClO3/c1-4-8(2)5-6-10-13(17)11(7-16)9(3)12(15)14(10)18/h5,7,17-18H,4,6H2,1-3H3/b8-5+. The van der Waals surface area contributed by atoms with E-state index in [0.29, 0.717) is 23.8 Å². The van der Waals surface area contributed by atoms with E-state index < -0.39 is 0 Å². The van der Waals surface area contributed by atoms with Crippen LogP contribution in [0.2, 0.25) is 5.02 Å². The summed E-state index contributed by atoms with van der Waals surface area (Å²) in [6.07, 6.45) is 3.69. The minimum atomic E-state index is -0.190. The predicted molar refractivity (Wildman–Crippen MR) is 72.7 cm³/mol. The van der Waals surface area contributed by atoms with Crippen LogP contribution in [0.25, 0.3) is 0 Å². The summed E-state index contributed by atoms with van der Waals surface area (Å²) >= 11 is 5.95. The Morgan fingerprint density at radius 3 is 2.44 bits per heavy atom. The van der Waals surface area contributed by atoms with Gasteiger partial charge in [0.05, 0.1) is 10.6 Å². The Morgan fingerprint density at radius 2 is 1.94 bits per heavy atom. The minimum Gasteiger partial charge on any atom is -0.507 e. The van der Waals surface area contributed by atoms with Gasteiger partial charge in [-0.3, -0.25) is 4.79 Å². The summed E-state index contributed by atoms with van der Waals surface area (Å²) in [5.74, 6) is -0.345. The van der Waals surface area contributed by atoms with Gasteiger partial charge in [0.15, 0.2) is 6.29 Å². The third-order valence-corrected chi connectivity index (χ3v) is 3.56. The lowest BCUT2D eigenvalue weighted by Crippen LogP contribution is -1.96. The number of hydrogen-bond acceptors (Lipinski definition) is 3. The topological polar surface area (TPSA) is 57.5 Å². The van der Waals surface area contributed by atoms with Crippen LogP contribution in [0.1, 0.15) is 41.8 Å². The highest BCUT2D eigenvalue weighted by molar-refractivity contribution is 6.33. The van der Waals surface area contributed by atoms with E-state index in [1.54, 1.807) is 6.92 Å². The van der Waals surface area contributed by atoms with Crippen LogP contribution in [-0.4, -0.2) is 16.5 Å². The molecule has 0 saturated heterocycles. The fourth-order valence-corrected chi connectivity index (χ4v) is 1.85. The van der Waals surface area contributed by atoms with E-state index in [1.165, 1.54) is 0 Å². The maximum Gasteiger partial charge on any atom is 0.154 e. The largest absolute Gasteiger partial charge is 0.507 e. The lowest BCUT2D eigenvalue weighted by Gasteiger charge is -2.12. The number of hydrogen-bond donors (Lipinski definition) is 2. The first-order valence-electron chi connectivity index (χ1n) is 5.77. The molecule has 0 unspecified atom stereocenters. The van der Waals surface area contributed by atoms with Gasteiger partial charge in [-0.05, 0) is 32.3 Å². The Morgan fingerprint density at radius 1 is 1.33 bits per heavy atom. The number of phenols is 2. The Bertz CT molecular complexity index is 504. The van der Waals surface area contributed by atoms with Gasteiger partial charge in [-0.2, -0.15) is 0 Å². The minimum absolute atomic E-state index is 0.118. The van der Waals surface area contributed by atoms with E-state index in [0.717, 1.165) is 12.0 Å². The van der Waals surface area contributed by atoms with Crippen molar-refractivity contribution in [3.8, 4) is 11.5 Å². The van der Waals surface area contributed by atoms with Gasteiger partial charge in [0.25, 0.3) is 0 Å². The third-order valence-electron chi connectivity index (χ3n) is 3.10. The quantitative estimate of drug-likeness (QED) is 0.645. The van der Waals surface area contributed by atoms with Crippen molar-refractivity contribution in [3.63, 3.8) is 0 Å². The number of carbonyl (C=O) groups is 1. The zero-order chi connectivity index (χ0) is 13.9. The van der Waals surface area contributed by atoms with Gasteiger partial charge in [0.1, 0.15) is 11.5 Å². The summed E-state index contributed by atoms with van der Waals surface area (Å²) < 4.78 is 0. The molecule has 1 rings (SSSR count). The SMILES string of the molecule is CC/C(C)=C/Cc1c(O)c(Cl)c(C)c(C=O)c1O. The van der Waals surface area contributed by atoms with Gasteiger partial charge < -0.3 is 10.2 Å². The maximum atomic E-state index is 10.9. The molecule has 4 heteroatoms. The Kier molecular flexibility index (Phi) is 4.79. The van der Waals surface area contributed by atoms with Gasteiger partial charge in [-0.25, -0.2) is 0 Å². The molecule has 2 N–H and O–H groups in total. The highest BCUT2D eigenvalue weighted by Crippen LogP contribution is 2.40. The van der Waals surface area contributed by atoms with Crippen molar-refractivity contribution in [3.05, 3.63) is 33.4 Å². The molecule has 0 heterocycles. The first-order valence-corrected chi connectivity index (χ1v) is 6.15. The molecule has 1 aromatic rings. The third kappa shape index (κ3) is 2.67. The van der Waals surface area contributed by atoms with Crippen molar-refractivity contribution in [1.29, 1.82) is 0 Å². The second kappa shape index (κ2) is 5.91. The number of halogens is 1.